The Morgan fingerprint density at radius 1 is 1.61 bits per heavy atom. The standard InChI is InChI=1S/C12H16N2O3S/c1-7-8(10(15)16-3)9(18)14-11(13-7)12(2)5-4-6-17-12/h4-6H2,1-3H3,(H,13,14,18). The van der Waals surface area contributed by atoms with Gasteiger partial charge in [-0.05, 0) is 26.7 Å². The summed E-state index contributed by atoms with van der Waals surface area (Å²) >= 11 is 5.17. The molecule has 2 heterocycles. The number of nitrogens with zero attached hydrogens (tertiary/aromatic N) is 1. The van der Waals surface area contributed by atoms with Crippen LogP contribution in [0.3, 0.4) is 0 Å². The number of H-pyrrole nitrogens is 1. The Kier molecular flexibility index (Phi) is 3.49. The van der Waals surface area contributed by atoms with Crippen LogP contribution in [-0.2, 0) is 15.1 Å². The van der Waals surface area contributed by atoms with Crippen molar-refractivity contribution in [2.75, 3.05) is 13.7 Å². The monoisotopic (exact) mass is 268 g/mol. The number of esters is 1. The lowest BCUT2D eigenvalue weighted by Gasteiger charge is -2.22. The van der Waals surface area contributed by atoms with Crippen molar-refractivity contribution in [1.82, 2.24) is 9.97 Å². The minimum Gasteiger partial charge on any atom is -0.465 e. The van der Waals surface area contributed by atoms with Crippen LogP contribution in [-0.4, -0.2) is 29.7 Å². The van der Waals surface area contributed by atoms with Gasteiger partial charge in [0.25, 0.3) is 0 Å². The summed E-state index contributed by atoms with van der Waals surface area (Å²) in [6, 6.07) is 0. The lowest BCUT2D eigenvalue weighted by Crippen LogP contribution is -2.25. The van der Waals surface area contributed by atoms with Gasteiger partial charge >= 0.3 is 5.97 Å². The molecule has 1 saturated heterocycles. The lowest BCUT2D eigenvalue weighted by atomic mass is 10.0. The molecule has 0 radical (unpaired) electrons. The Morgan fingerprint density at radius 3 is 2.83 bits per heavy atom. The third-order valence-corrected chi connectivity index (χ3v) is 3.51. The van der Waals surface area contributed by atoms with Crippen molar-refractivity contribution in [1.29, 1.82) is 0 Å². The summed E-state index contributed by atoms with van der Waals surface area (Å²) in [4.78, 5) is 19.0. The molecule has 1 N–H and O–H groups in total. The molecule has 0 aliphatic carbocycles. The van der Waals surface area contributed by atoms with E-state index in [1.54, 1.807) is 6.92 Å². The van der Waals surface area contributed by atoms with Crippen LogP contribution in [0, 0.1) is 11.6 Å². The van der Waals surface area contributed by atoms with Gasteiger partial charge in [-0.3, -0.25) is 0 Å². The van der Waals surface area contributed by atoms with E-state index in [9.17, 15) is 4.79 Å². The zero-order valence-electron chi connectivity index (χ0n) is 10.7. The van der Waals surface area contributed by atoms with Crippen molar-refractivity contribution in [3.05, 3.63) is 21.7 Å². The van der Waals surface area contributed by atoms with Gasteiger partial charge in [-0.15, -0.1) is 0 Å². The van der Waals surface area contributed by atoms with Gasteiger partial charge < -0.3 is 14.5 Å². The van der Waals surface area contributed by atoms with Crippen molar-refractivity contribution < 1.29 is 14.3 Å². The van der Waals surface area contributed by atoms with Gasteiger partial charge in [-0.2, -0.15) is 0 Å². The molecule has 1 unspecified atom stereocenters. The van der Waals surface area contributed by atoms with E-state index in [0.717, 1.165) is 19.4 Å². The van der Waals surface area contributed by atoms with Crippen molar-refractivity contribution in [3.8, 4) is 0 Å². The Balaban J connectivity index is 2.49. The van der Waals surface area contributed by atoms with Crippen molar-refractivity contribution in [2.24, 2.45) is 0 Å². The zero-order chi connectivity index (χ0) is 13.3. The molecular formula is C12H16N2O3S. The van der Waals surface area contributed by atoms with E-state index in [4.69, 9.17) is 21.7 Å². The zero-order valence-corrected chi connectivity index (χ0v) is 11.5. The third kappa shape index (κ3) is 2.18. The van der Waals surface area contributed by atoms with Gasteiger partial charge in [0.15, 0.2) is 0 Å². The number of aromatic nitrogens is 2. The fraction of sp³-hybridized carbons (Fsp3) is 0.583. The van der Waals surface area contributed by atoms with Crippen LogP contribution in [0.4, 0.5) is 0 Å². The summed E-state index contributed by atoms with van der Waals surface area (Å²) in [7, 11) is 1.33. The maximum atomic E-state index is 11.6. The first-order valence-corrected chi connectivity index (χ1v) is 6.22. The molecule has 0 amide bonds. The predicted octanol–water partition coefficient (Wildman–Crippen LogP) is 2.26. The number of rotatable bonds is 2. The molecule has 2 rings (SSSR count). The number of aromatic amines is 1. The first-order valence-electron chi connectivity index (χ1n) is 5.81. The number of methoxy groups -OCH3 is 1. The number of aryl methyl sites for hydroxylation is 1. The molecule has 1 fully saturated rings. The SMILES string of the molecule is COC(=O)c1c(C)[nH]c(C2(C)CCCO2)nc1=S. The van der Waals surface area contributed by atoms with Gasteiger partial charge in [0.2, 0.25) is 0 Å². The molecule has 5 nitrogen and oxygen atoms in total. The van der Waals surface area contributed by atoms with Crippen molar-refractivity contribution in [2.45, 2.75) is 32.3 Å². The summed E-state index contributed by atoms with van der Waals surface area (Å²) in [5, 5.41) is 0. The van der Waals surface area contributed by atoms with Crippen LogP contribution < -0.4 is 0 Å². The second kappa shape index (κ2) is 4.78. The van der Waals surface area contributed by atoms with Gasteiger partial charge in [0.05, 0.1) is 7.11 Å². The number of ether oxygens (including phenoxy) is 2. The molecule has 1 aliphatic heterocycles. The summed E-state index contributed by atoms with van der Waals surface area (Å²) < 4.78 is 10.7. The Bertz CT molecular complexity index is 533. The topological polar surface area (TPSA) is 64.2 Å². The molecule has 6 heteroatoms. The van der Waals surface area contributed by atoms with Gasteiger partial charge in [-0.25, -0.2) is 9.78 Å². The second-order valence-electron chi connectivity index (χ2n) is 4.57. The van der Waals surface area contributed by atoms with Crippen LogP contribution in [0.15, 0.2) is 0 Å². The normalized spacial score (nSPS) is 23.1. The molecule has 1 atom stereocenters. The van der Waals surface area contributed by atoms with E-state index >= 15 is 0 Å². The molecular weight excluding hydrogens is 252 g/mol. The van der Waals surface area contributed by atoms with Crippen LogP contribution in [0.1, 0.15) is 41.6 Å². The summed E-state index contributed by atoms with van der Waals surface area (Å²) in [6.07, 6.45) is 1.89. The molecule has 1 aliphatic rings. The number of hydrogen-bond donors (Lipinski definition) is 1. The minimum absolute atomic E-state index is 0.254. The second-order valence-corrected chi connectivity index (χ2v) is 4.95. The largest absolute Gasteiger partial charge is 0.465 e. The van der Waals surface area contributed by atoms with E-state index in [-0.39, 0.29) is 4.64 Å². The maximum Gasteiger partial charge on any atom is 0.342 e. The first kappa shape index (κ1) is 13.2. The molecule has 0 spiro atoms. The third-order valence-electron chi connectivity index (χ3n) is 3.22. The van der Waals surface area contributed by atoms with Crippen LogP contribution in [0.25, 0.3) is 0 Å². The molecule has 18 heavy (non-hydrogen) atoms. The highest BCUT2D eigenvalue weighted by molar-refractivity contribution is 7.71. The number of carbonyl (C=O) groups excluding carboxylic acids is 1. The van der Waals surface area contributed by atoms with Crippen LogP contribution >= 0.6 is 12.2 Å². The highest BCUT2D eigenvalue weighted by atomic mass is 32.1. The highest BCUT2D eigenvalue weighted by Crippen LogP contribution is 2.33. The van der Waals surface area contributed by atoms with Gasteiger partial charge in [-0.1, -0.05) is 12.2 Å². The predicted molar refractivity (Wildman–Crippen MR) is 68.0 cm³/mol. The molecule has 0 bridgehead atoms. The molecule has 0 saturated carbocycles. The summed E-state index contributed by atoms with van der Waals surface area (Å²) in [5.41, 5.74) is 0.541. The maximum absolute atomic E-state index is 11.6. The van der Waals surface area contributed by atoms with E-state index in [1.165, 1.54) is 7.11 Å². The number of hydrogen-bond acceptors (Lipinski definition) is 5. The molecule has 1 aromatic heterocycles. The van der Waals surface area contributed by atoms with Crippen molar-refractivity contribution in [3.63, 3.8) is 0 Å². The fourth-order valence-electron chi connectivity index (χ4n) is 2.14. The quantitative estimate of drug-likeness (QED) is 0.658. The van der Waals surface area contributed by atoms with Gasteiger partial charge in [0.1, 0.15) is 21.6 Å². The average Bonchev–Trinajstić information content (AvgIpc) is 2.76. The highest BCUT2D eigenvalue weighted by Gasteiger charge is 2.35. The van der Waals surface area contributed by atoms with E-state index in [1.807, 2.05) is 6.92 Å². The van der Waals surface area contributed by atoms with Crippen molar-refractivity contribution >= 4 is 18.2 Å². The fourth-order valence-corrected chi connectivity index (χ4v) is 2.47. The van der Waals surface area contributed by atoms with Crippen LogP contribution in [0.2, 0.25) is 0 Å². The Morgan fingerprint density at radius 2 is 2.33 bits per heavy atom. The summed E-state index contributed by atoms with van der Waals surface area (Å²) in [6.45, 7) is 4.48. The molecule has 1 aromatic rings. The first-order chi connectivity index (χ1) is 8.48. The Labute approximate surface area is 111 Å². The number of carbonyl (C=O) groups is 1. The Hall–Kier alpha value is -1.27. The lowest BCUT2D eigenvalue weighted by molar-refractivity contribution is 0.00897. The van der Waals surface area contributed by atoms with E-state index in [2.05, 4.69) is 9.97 Å². The average molecular weight is 268 g/mol. The molecule has 98 valence electrons. The van der Waals surface area contributed by atoms with Crippen LogP contribution in [0.5, 0.6) is 0 Å². The summed E-state index contributed by atoms with van der Waals surface area (Å²) in [5.74, 6) is 0.209. The number of nitrogens with one attached hydrogen (secondary N) is 1. The van der Waals surface area contributed by atoms with E-state index in [0.29, 0.717) is 17.1 Å². The minimum atomic E-state index is -0.467. The smallest absolute Gasteiger partial charge is 0.342 e. The molecule has 0 aromatic carbocycles. The van der Waals surface area contributed by atoms with Gasteiger partial charge in [0, 0.05) is 12.3 Å². The van der Waals surface area contributed by atoms with E-state index < -0.39 is 11.6 Å².